The van der Waals surface area contributed by atoms with Crippen molar-refractivity contribution in [1.82, 2.24) is 19.8 Å². The van der Waals surface area contributed by atoms with E-state index in [1.54, 1.807) is 0 Å². The van der Waals surface area contributed by atoms with Gasteiger partial charge in [-0.25, -0.2) is 4.98 Å². The molecule has 2 aromatic carbocycles. The van der Waals surface area contributed by atoms with Crippen molar-refractivity contribution in [3.63, 3.8) is 0 Å². The van der Waals surface area contributed by atoms with Gasteiger partial charge in [0.15, 0.2) is 5.11 Å². The number of imidazole rings is 1. The highest BCUT2D eigenvalue weighted by molar-refractivity contribution is 7.80. The van der Waals surface area contributed by atoms with Crippen molar-refractivity contribution in [3.8, 4) is 0 Å². The third-order valence-corrected chi connectivity index (χ3v) is 5.53. The third-order valence-electron chi connectivity index (χ3n) is 5.16. The summed E-state index contributed by atoms with van der Waals surface area (Å²) in [5.74, 6) is 0. The van der Waals surface area contributed by atoms with E-state index in [0.29, 0.717) is 0 Å². The van der Waals surface area contributed by atoms with Gasteiger partial charge in [-0.2, -0.15) is 0 Å². The lowest BCUT2D eigenvalue weighted by atomic mass is 10.1. The molecular formula is C24H31N5S. The summed E-state index contributed by atoms with van der Waals surface area (Å²) >= 11 is 5.82. The van der Waals surface area contributed by atoms with Crippen LogP contribution in [0.3, 0.4) is 0 Å². The molecule has 0 aliphatic rings. The van der Waals surface area contributed by atoms with Crippen molar-refractivity contribution < 1.29 is 0 Å². The number of anilines is 1. The first-order valence-electron chi connectivity index (χ1n) is 10.4. The highest BCUT2D eigenvalue weighted by atomic mass is 32.1. The second-order valence-corrected chi connectivity index (χ2v) is 8.11. The lowest BCUT2D eigenvalue weighted by Gasteiger charge is -2.28. The summed E-state index contributed by atoms with van der Waals surface area (Å²) in [7, 11) is 4.11. The standard InChI is InChI=1S/C24H31N5S/c1-20(22-8-5-4-6-9-22)26-24(30)29(16-7-15-28-17-14-25-19-28)18-21-10-12-23(13-11-21)27(2)3/h4-6,8-14,17,19-20H,7,15-16,18H2,1-3H3,(H,26,30). The molecule has 0 spiro atoms. The van der Waals surface area contributed by atoms with Gasteiger partial charge in [0.1, 0.15) is 0 Å². The van der Waals surface area contributed by atoms with Crippen LogP contribution in [0.2, 0.25) is 0 Å². The van der Waals surface area contributed by atoms with E-state index < -0.39 is 0 Å². The number of hydrogen-bond donors (Lipinski definition) is 1. The predicted octanol–water partition coefficient (Wildman–Crippen LogP) is 4.48. The van der Waals surface area contributed by atoms with Crippen molar-refractivity contribution in [2.45, 2.75) is 32.5 Å². The first kappa shape index (κ1) is 21.8. The molecule has 3 rings (SSSR count). The van der Waals surface area contributed by atoms with Gasteiger partial charge >= 0.3 is 0 Å². The molecule has 158 valence electrons. The molecule has 0 amide bonds. The second-order valence-electron chi connectivity index (χ2n) is 7.72. The number of nitrogens with zero attached hydrogens (tertiary/aromatic N) is 4. The van der Waals surface area contributed by atoms with Crippen molar-refractivity contribution in [2.75, 3.05) is 25.5 Å². The molecule has 1 heterocycles. The van der Waals surface area contributed by atoms with E-state index in [0.717, 1.165) is 31.2 Å². The number of rotatable bonds is 9. The lowest BCUT2D eigenvalue weighted by molar-refractivity contribution is 0.380. The number of hydrogen-bond acceptors (Lipinski definition) is 3. The van der Waals surface area contributed by atoms with Crippen LogP contribution in [0.5, 0.6) is 0 Å². The molecular weight excluding hydrogens is 390 g/mol. The Kier molecular flexibility index (Phi) is 7.85. The van der Waals surface area contributed by atoms with Gasteiger partial charge < -0.3 is 19.7 Å². The molecule has 0 bridgehead atoms. The quantitative estimate of drug-likeness (QED) is 0.516. The van der Waals surface area contributed by atoms with E-state index in [1.807, 2.05) is 24.8 Å². The molecule has 0 fully saturated rings. The second kappa shape index (κ2) is 10.8. The van der Waals surface area contributed by atoms with Crippen LogP contribution in [0.1, 0.15) is 30.5 Å². The van der Waals surface area contributed by atoms with Crippen LogP contribution in [0.25, 0.3) is 0 Å². The van der Waals surface area contributed by atoms with Crippen LogP contribution in [0.4, 0.5) is 5.69 Å². The highest BCUT2D eigenvalue weighted by Crippen LogP contribution is 2.16. The Balaban J connectivity index is 1.66. The van der Waals surface area contributed by atoms with Gasteiger partial charge in [0, 0.05) is 51.8 Å². The Morgan fingerprint density at radius 2 is 1.83 bits per heavy atom. The largest absolute Gasteiger partial charge is 0.378 e. The van der Waals surface area contributed by atoms with Crippen molar-refractivity contribution in [3.05, 3.63) is 84.4 Å². The minimum Gasteiger partial charge on any atom is -0.378 e. The van der Waals surface area contributed by atoms with E-state index in [2.05, 4.69) is 94.2 Å². The summed E-state index contributed by atoms with van der Waals surface area (Å²) in [5, 5.41) is 4.31. The van der Waals surface area contributed by atoms with E-state index in [1.165, 1.54) is 16.8 Å². The summed E-state index contributed by atoms with van der Waals surface area (Å²) in [6, 6.07) is 19.2. The Hall–Kier alpha value is -2.86. The van der Waals surface area contributed by atoms with Gasteiger partial charge in [0.2, 0.25) is 0 Å². The van der Waals surface area contributed by atoms with Crippen LogP contribution < -0.4 is 10.2 Å². The van der Waals surface area contributed by atoms with Gasteiger partial charge in [0.25, 0.3) is 0 Å². The minimum absolute atomic E-state index is 0.158. The van der Waals surface area contributed by atoms with E-state index in [9.17, 15) is 0 Å². The van der Waals surface area contributed by atoms with Crippen molar-refractivity contribution >= 4 is 23.0 Å². The third kappa shape index (κ3) is 6.32. The topological polar surface area (TPSA) is 36.3 Å². The van der Waals surface area contributed by atoms with Gasteiger partial charge in [-0.15, -0.1) is 0 Å². The van der Waals surface area contributed by atoms with Crippen LogP contribution in [0, 0.1) is 0 Å². The maximum Gasteiger partial charge on any atom is 0.169 e. The molecule has 1 N–H and O–H groups in total. The number of thiocarbonyl (C=S) groups is 1. The Morgan fingerprint density at radius 3 is 2.47 bits per heavy atom. The molecule has 0 radical (unpaired) electrons. The average Bonchev–Trinajstić information content (AvgIpc) is 3.27. The van der Waals surface area contributed by atoms with Gasteiger partial charge in [0.05, 0.1) is 12.4 Å². The number of aromatic nitrogens is 2. The summed E-state index contributed by atoms with van der Waals surface area (Å²) in [6.45, 7) is 4.73. The Bertz CT molecular complexity index is 891. The molecule has 30 heavy (non-hydrogen) atoms. The Labute approximate surface area is 185 Å². The van der Waals surface area contributed by atoms with Crippen molar-refractivity contribution in [2.24, 2.45) is 0 Å². The SMILES string of the molecule is CC(NC(=S)N(CCCn1ccnc1)Cc1ccc(N(C)C)cc1)c1ccccc1. The molecule has 0 saturated carbocycles. The lowest BCUT2D eigenvalue weighted by Crippen LogP contribution is -2.41. The average molecular weight is 422 g/mol. The first-order valence-corrected chi connectivity index (χ1v) is 10.8. The molecule has 0 aliphatic carbocycles. The van der Waals surface area contributed by atoms with Gasteiger partial charge in [-0.3, -0.25) is 0 Å². The van der Waals surface area contributed by atoms with Gasteiger partial charge in [-0.1, -0.05) is 42.5 Å². The van der Waals surface area contributed by atoms with Crippen molar-refractivity contribution in [1.29, 1.82) is 0 Å². The first-order chi connectivity index (χ1) is 14.5. The summed E-state index contributed by atoms with van der Waals surface area (Å²) in [5.41, 5.74) is 3.68. The van der Waals surface area contributed by atoms with Crippen LogP contribution in [-0.2, 0) is 13.1 Å². The summed E-state index contributed by atoms with van der Waals surface area (Å²) in [4.78, 5) is 8.50. The minimum atomic E-state index is 0.158. The molecule has 1 aromatic heterocycles. The fourth-order valence-electron chi connectivity index (χ4n) is 3.34. The molecule has 6 heteroatoms. The number of benzene rings is 2. The predicted molar refractivity (Wildman–Crippen MR) is 129 cm³/mol. The maximum absolute atomic E-state index is 5.82. The molecule has 1 unspecified atom stereocenters. The molecule has 0 aliphatic heterocycles. The molecule has 5 nitrogen and oxygen atoms in total. The van der Waals surface area contributed by atoms with Crippen LogP contribution >= 0.6 is 12.2 Å². The monoisotopic (exact) mass is 421 g/mol. The fraction of sp³-hybridized carbons (Fsp3) is 0.333. The number of nitrogens with one attached hydrogen (secondary N) is 1. The van der Waals surface area contributed by atoms with Crippen LogP contribution in [-0.4, -0.2) is 40.2 Å². The smallest absolute Gasteiger partial charge is 0.169 e. The normalized spacial score (nSPS) is 11.7. The zero-order chi connectivity index (χ0) is 21.3. The number of aryl methyl sites for hydroxylation is 1. The molecule has 3 aromatic rings. The van der Waals surface area contributed by atoms with E-state index in [-0.39, 0.29) is 6.04 Å². The molecule has 1 atom stereocenters. The van der Waals surface area contributed by atoms with Crippen LogP contribution in [0.15, 0.2) is 73.3 Å². The Morgan fingerprint density at radius 1 is 1.10 bits per heavy atom. The van der Waals surface area contributed by atoms with E-state index in [4.69, 9.17) is 12.2 Å². The zero-order valence-electron chi connectivity index (χ0n) is 18.0. The summed E-state index contributed by atoms with van der Waals surface area (Å²) < 4.78 is 2.10. The fourth-order valence-corrected chi connectivity index (χ4v) is 3.67. The van der Waals surface area contributed by atoms with E-state index >= 15 is 0 Å². The maximum atomic E-state index is 5.82. The zero-order valence-corrected chi connectivity index (χ0v) is 18.8. The van der Waals surface area contributed by atoms with Gasteiger partial charge in [-0.05, 0) is 48.8 Å². The molecule has 0 saturated heterocycles. The highest BCUT2D eigenvalue weighted by Gasteiger charge is 2.14. The summed E-state index contributed by atoms with van der Waals surface area (Å²) in [6.07, 6.45) is 6.67.